The number of hydrogen-bond acceptors (Lipinski definition) is 2. The molecule has 1 amide bonds. The maximum Gasteiger partial charge on any atom is 0.248 e. The topological polar surface area (TPSA) is 29.5 Å². The number of nitrogens with zero attached hydrogens (tertiary/aromatic N) is 1. The summed E-state index contributed by atoms with van der Waals surface area (Å²) in [7, 11) is 0. The van der Waals surface area contributed by atoms with Gasteiger partial charge < -0.3 is 9.64 Å². The highest BCUT2D eigenvalue weighted by molar-refractivity contribution is 5.77. The number of carbonyl (C=O) groups excluding carboxylic acids is 1. The van der Waals surface area contributed by atoms with Crippen LogP contribution in [0.1, 0.15) is 31.1 Å². The van der Waals surface area contributed by atoms with E-state index in [1.807, 2.05) is 74.5 Å². The second-order valence-electron chi connectivity index (χ2n) is 5.08. The molecule has 0 aromatic heterocycles. The summed E-state index contributed by atoms with van der Waals surface area (Å²) in [4.78, 5) is 14.0. The molecule has 0 saturated heterocycles. The zero-order chi connectivity index (χ0) is 15.8. The number of carbonyl (C=O) groups is 1. The Balaban J connectivity index is 2.15. The molecule has 2 aromatic rings. The molecule has 0 unspecified atom stereocenters. The van der Waals surface area contributed by atoms with Crippen LogP contribution in [0.15, 0.2) is 60.7 Å². The number of likely N-dealkylation sites (N-methyl/N-ethyl adjacent to an activating group) is 1. The summed E-state index contributed by atoms with van der Waals surface area (Å²) in [6.45, 7) is 5.47. The van der Waals surface area contributed by atoms with E-state index in [2.05, 4.69) is 0 Å². The van der Waals surface area contributed by atoms with Crippen molar-refractivity contribution in [2.24, 2.45) is 0 Å². The highest BCUT2D eigenvalue weighted by atomic mass is 16.5. The molecule has 0 radical (unpaired) electrons. The molecule has 0 fully saturated rings. The minimum Gasteiger partial charge on any atom is -0.359 e. The highest BCUT2D eigenvalue weighted by Crippen LogP contribution is 2.25. The van der Waals surface area contributed by atoms with Gasteiger partial charge in [-0.1, -0.05) is 60.7 Å². The van der Waals surface area contributed by atoms with Gasteiger partial charge in [0, 0.05) is 13.1 Å². The van der Waals surface area contributed by atoms with Gasteiger partial charge in [0.25, 0.3) is 0 Å². The van der Waals surface area contributed by atoms with Gasteiger partial charge in [0.2, 0.25) is 5.91 Å². The third kappa shape index (κ3) is 4.18. The standard InChI is InChI=1S/C19H23NO2/c1-3-20(4-2)18(21)15-22-19(16-11-7-5-8-12-16)17-13-9-6-10-14-17/h5-14,19H,3-4,15H2,1-2H3. The minimum atomic E-state index is -0.220. The van der Waals surface area contributed by atoms with E-state index in [0.29, 0.717) is 13.1 Å². The smallest absolute Gasteiger partial charge is 0.248 e. The van der Waals surface area contributed by atoms with Crippen LogP contribution in [-0.4, -0.2) is 30.5 Å². The Morgan fingerprint density at radius 3 is 1.77 bits per heavy atom. The number of amides is 1. The van der Waals surface area contributed by atoms with Crippen molar-refractivity contribution in [1.82, 2.24) is 4.90 Å². The van der Waals surface area contributed by atoms with Crippen molar-refractivity contribution in [3.8, 4) is 0 Å². The van der Waals surface area contributed by atoms with Gasteiger partial charge in [-0.3, -0.25) is 4.79 Å². The molecular weight excluding hydrogens is 274 g/mol. The number of hydrogen-bond donors (Lipinski definition) is 0. The molecule has 2 rings (SSSR count). The third-order valence-corrected chi connectivity index (χ3v) is 3.69. The first-order valence-corrected chi connectivity index (χ1v) is 7.75. The van der Waals surface area contributed by atoms with Crippen LogP contribution in [0.2, 0.25) is 0 Å². The van der Waals surface area contributed by atoms with Crippen LogP contribution in [0, 0.1) is 0 Å². The Hall–Kier alpha value is -2.13. The zero-order valence-electron chi connectivity index (χ0n) is 13.2. The van der Waals surface area contributed by atoms with E-state index in [1.165, 1.54) is 0 Å². The van der Waals surface area contributed by atoms with Gasteiger partial charge in [-0.2, -0.15) is 0 Å². The summed E-state index contributed by atoms with van der Waals surface area (Å²) in [6, 6.07) is 20.0. The Morgan fingerprint density at radius 2 is 1.36 bits per heavy atom. The highest BCUT2D eigenvalue weighted by Gasteiger charge is 2.17. The molecule has 0 heterocycles. The summed E-state index contributed by atoms with van der Waals surface area (Å²) in [5.41, 5.74) is 2.11. The van der Waals surface area contributed by atoms with Crippen molar-refractivity contribution in [3.05, 3.63) is 71.8 Å². The molecule has 0 aliphatic carbocycles. The van der Waals surface area contributed by atoms with Gasteiger partial charge in [0.15, 0.2) is 0 Å². The second kappa shape index (κ2) is 8.35. The number of ether oxygens (including phenoxy) is 1. The first-order chi connectivity index (χ1) is 10.8. The van der Waals surface area contributed by atoms with Crippen molar-refractivity contribution in [2.75, 3.05) is 19.7 Å². The van der Waals surface area contributed by atoms with Crippen LogP contribution < -0.4 is 0 Å². The quantitative estimate of drug-likeness (QED) is 0.780. The maximum atomic E-state index is 12.2. The molecule has 0 atom stereocenters. The van der Waals surface area contributed by atoms with Gasteiger partial charge in [-0.15, -0.1) is 0 Å². The predicted molar refractivity (Wildman–Crippen MR) is 88.6 cm³/mol. The summed E-state index contributed by atoms with van der Waals surface area (Å²) in [5, 5.41) is 0. The zero-order valence-corrected chi connectivity index (χ0v) is 13.2. The Bertz CT molecular complexity index is 525. The summed E-state index contributed by atoms with van der Waals surface area (Å²) >= 11 is 0. The van der Waals surface area contributed by atoms with Crippen LogP contribution in [0.3, 0.4) is 0 Å². The predicted octanol–water partition coefficient (Wildman–Crippen LogP) is 3.66. The first kappa shape index (κ1) is 16.2. The lowest BCUT2D eigenvalue weighted by atomic mass is 10.0. The largest absolute Gasteiger partial charge is 0.359 e. The average Bonchev–Trinajstić information content (AvgIpc) is 2.58. The fourth-order valence-electron chi connectivity index (χ4n) is 2.46. The van der Waals surface area contributed by atoms with Crippen molar-refractivity contribution < 1.29 is 9.53 Å². The minimum absolute atomic E-state index is 0.0295. The van der Waals surface area contributed by atoms with Crippen LogP contribution in [0.25, 0.3) is 0 Å². The Morgan fingerprint density at radius 1 is 0.909 bits per heavy atom. The molecule has 116 valence electrons. The summed E-state index contributed by atoms with van der Waals surface area (Å²) in [5.74, 6) is 0.0295. The van der Waals surface area contributed by atoms with E-state index >= 15 is 0 Å². The van der Waals surface area contributed by atoms with Crippen molar-refractivity contribution in [1.29, 1.82) is 0 Å². The summed E-state index contributed by atoms with van der Waals surface area (Å²) in [6.07, 6.45) is -0.220. The molecule has 0 bridgehead atoms. The van der Waals surface area contributed by atoms with E-state index in [9.17, 15) is 4.79 Å². The lowest BCUT2D eigenvalue weighted by molar-refractivity contribution is -0.137. The van der Waals surface area contributed by atoms with E-state index in [-0.39, 0.29) is 18.6 Å². The van der Waals surface area contributed by atoms with Gasteiger partial charge in [-0.25, -0.2) is 0 Å². The Labute approximate surface area is 132 Å². The maximum absolute atomic E-state index is 12.2. The fourth-order valence-corrected chi connectivity index (χ4v) is 2.46. The van der Waals surface area contributed by atoms with Gasteiger partial charge >= 0.3 is 0 Å². The van der Waals surface area contributed by atoms with Crippen LogP contribution in [0.4, 0.5) is 0 Å². The van der Waals surface area contributed by atoms with Crippen LogP contribution in [-0.2, 0) is 9.53 Å². The molecule has 0 aliphatic heterocycles. The molecule has 0 spiro atoms. The third-order valence-electron chi connectivity index (χ3n) is 3.69. The van der Waals surface area contributed by atoms with Gasteiger partial charge in [-0.05, 0) is 25.0 Å². The fraction of sp³-hybridized carbons (Fsp3) is 0.316. The molecule has 2 aromatic carbocycles. The molecular formula is C19H23NO2. The molecule has 0 aliphatic rings. The average molecular weight is 297 g/mol. The van der Waals surface area contributed by atoms with Gasteiger partial charge in [0.05, 0.1) is 0 Å². The van der Waals surface area contributed by atoms with Crippen molar-refractivity contribution in [3.63, 3.8) is 0 Å². The lowest BCUT2D eigenvalue weighted by Crippen LogP contribution is -2.34. The molecule has 0 saturated carbocycles. The van der Waals surface area contributed by atoms with Gasteiger partial charge in [0.1, 0.15) is 12.7 Å². The second-order valence-corrected chi connectivity index (χ2v) is 5.08. The van der Waals surface area contributed by atoms with Crippen LogP contribution in [0.5, 0.6) is 0 Å². The lowest BCUT2D eigenvalue weighted by Gasteiger charge is -2.22. The SMILES string of the molecule is CCN(CC)C(=O)COC(c1ccccc1)c1ccccc1. The summed E-state index contributed by atoms with van der Waals surface area (Å²) < 4.78 is 5.97. The number of rotatable bonds is 7. The van der Waals surface area contributed by atoms with E-state index in [0.717, 1.165) is 11.1 Å². The van der Waals surface area contributed by atoms with E-state index < -0.39 is 0 Å². The number of benzene rings is 2. The Kier molecular flexibility index (Phi) is 6.16. The monoisotopic (exact) mass is 297 g/mol. The molecule has 22 heavy (non-hydrogen) atoms. The molecule has 3 heteroatoms. The molecule has 3 nitrogen and oxygen atoms in total. The van der Waals surface area contributed by atoms with E-state index in [4.69, 9.17) is 4.74 Å². The van der Waals surface area contributed by atoms with E-state index in [1.54, 1.807) is 4.90 Å². The first-order valence-electron chi connectivity index (χ1n) is 7.75. The van der Waals surface area contributed by atoms with Crippen LogP contribution >= 0.6 is 0 Å². The molecule has 0 N–H and O–H groups in total. The van der Waals surface area contributed by atoms with Crippen molar-refractivity contribution in [2.45, 2.75) is 20.0 Å². The normalized spacial score (nSPS) is 10.7. The van der Waals surface area contributed by atoms with Crippen molar-refractivity contribution >= 4 is 5.91 Å².